The first-order valence-electron chi connectivity index (χ1n) is 10.4. The third kappa shape index (κ3) is 5.26. The van der Waals surface area contributed by atoms with E-state index in [2.05, 4.69) is 15.6 Å². The van der Waals surface area contributed by atoms with E-state index in [9.17, 15) is 9.59 Å². The van der Waals surface area contributed by atoms with E-state index < -0.39 is 6.04 Å². The zero-order valence-electron chi connectivity index (χ0n) is 17.4. The quantitative estimate of drug-likeness (QED) is 0.465. The van der Waals surface area contributed by atoms with Crippen molar-refractivity contribution < 1.29 is 9.59 Å². The standard InChI is InChI=1S/C27H23N3O2/c31-25(30-26(22-11-5-2-6-12-22)24-13-7-8-18-28-24)19-29-27(32)23-16-14-21(15-17-23)20-9-3-1-4-10-20/h1-18,26H,19H2,(H,29,32)(H,30,31). The van der Waals surface area contributed by atoms with Crippen LogP contribution in [0.4, 0.5) is 0 Å². The molecule has 0 spiro atoms. The number of nitrogens with zero attached hydrogens (tertiary/aromatic N) is 1. The summed E-state index contributed by atoms with van der Waals surface area (Å²) in [6.07, 6.45) is 1.69. The maximum atomic E-state index is 12.6. The SMILES string of the molecule is O=C(CNC(=O)c1ccc(-c2ccccc2)cc1)NC(c1ccccc1)c1ccccn1. The molecule has 3 aromatic carbocycles. The molecule has 5 heteroatoms. The normalized spacial score (nSPS) is 11.4. The summed E-state index contributed by atoms with van der Waals surface area (Å²) in [5.74, 6) is -0.590. The average Bonchev–Trinajstić information content (AvgIpc) is 2.87. The topological polar surface area (TPSA) is 71.1 Å². The van der Waals surface area contributed by atoms with E-state index >= 15 is 0 Å². The van der Waals surface area contributed by atoms with Gasteiger partial charge in [-0.15, -0.1) is 0 Å². The maximum absolute atomic E-state index is 12.6. The van der Waals surface area contributed by atoms with Crippen LogP contribution < -0.4 is 10.6 Å². The second-order valence-corrected chi connectivity index (χ2v) is 7.29. The Bertz CT molecular complexity index is 1120. The van der Waals surface area contributed by atoms with E-state index in [-0.39, 0.29) is 18.4 Å². The van der Waals surface area contributed by atoms with Gasteiger partial charge in [-0.2, -0.15) is 0 Å². The van der Waals surface area contributed by atoms with Gasteiger partial charge in [0.25, 0.3) is 5.91 Å². The van der Waals surface area contributed by atoms with E-state index in [0.717, 1.165) is 22.4 Å². The van der Waals surface area contributed by atoms with Gasteiger partial charge in [0.2, 0.25) is 5.91 Å². The summed E-state index contributed by atoms with van der Waals surface area (Å²) in [5.41, 5.74) is 4.26. The molecule has 4 rings (SSSR count). The lowest BCUT2D eigenvalue weighted by Crippen LogP contribution is -2.39. The highest BCUT2D eigenvalue weighted by atomic mass is 16.2. The molecule has 32 heavy (non-hydrogen) atoms. The molecular weight excluding hydrogens is 398 g/mol. The van der Waals surface area contributed by atoms with E-state index in [4.69, 9.17) is 0 Å². The van der Waals surface area contributed by atoms with Gasteiger partial charge in [-0.3, -0.25) is 14.6 Å². The Morgan fingerprint density at radius 3 is 2.00 bits per heavy atom. The molecule has 0 fully saturated rings. The van der Waals surface area contributed by atoms with Crippen molar-refractivity contribution in [2.75, 3.05) is 6.54 Å². The van der Waals surface area contributed by atoms with Gasteiger partial charge in [0, 0.05) is 11.8 Å². The molecule has 1 unspecified atom stereocenters. The van der Waals surface area contributed by atoms with Crippen LogP contribution in [0.15, 0.2) is 109 Å². The van der Waals surface area contributed by atoms with Crippen LogP contribution in [0.2, 0.25) is 0 Å². The lowest BCUT2D eigenvalue weighted by Gasteiger charge is -2.19. The van der Waals surface area contributed by atoms with Gasteiger partial charge in [0.05, 0.1) is 18.3 Å². The molecule has 0 aliphatic carbocycles. The van der Waals surface area contributed by atoms with E-state index in [0.29, 0.717) is 5.56 Å². The molecule has 0 saturated carbocycles. The highest BCUT2D eigenvalue weighted by Crippen LogP contribution is 2.20. The van der Waals surface area contributed by atoms with E-state index in [1.54, 1.807) is 18.3 Å². The van der Waals surface area contributed by atoms with Gasteiger partial charge >= 0.3 is 0 Å². The predicted molar refractivity (Wildman–Crippen MR) is 125 cm³/mol. The molecule has 4 aromatic rings. The number of aromatic nitrogens is 1. The Labute approximate surface area is 187 Å². The number of carbonyl (C=O) groups is 2. The van der Waals surface area contributed by atoms with Crippen molar-refractivity contribution >= 4 is 11.8 Å². The van der Waals surface area contributed by atoms with Crippen LogP contribution >= 0.6 is 0 Å². The highest BCUT2D eigenvalue weighted by Gasteiger charge is 2.18. The highest BCUT2D eigenvalue weighted by molar-refractivity contribution is 5.96. The Kier molecular flexibility index (Phi) is 6.68. The Hall–Kier alpha value is -4.25. The molecule has 1 heterocycles. The first-order chi connectivity index (χ1) is 15.7. The molecule has 5 nitrogen and oxygen atoms in total. The fourth-order valence-electron chi connectivity index (χ4n) is 3.44. The van der Waals surface area contributed by atoms with Crippen LogP contribution in [0.1, 0.15) is 27.7 Å². The van der Waals surface area contributed by atoms with Crippen molar-refractivity contribution in [3.05, 3.63) is 126 Å². The Balaban J connectivity index is 1.38. The lowest BCUT2D eigenvalue weighted by atomic mass is 10.0. The first-order valence-corrected chi connectivity index (χ1v) is 10.4. The molecule has 158 valence electrons. The Morgan fingerprint density at radius 2 is 1.34 bits per heavy atom. The van der Waals surface area contributed by atoms with Crippen molar-refractivity contribution in [1.82, 2.24) is 15.6 Å². The van der Waals surface area contributed by atoms with Crippen molar-refractivity contribution in [1.29, 1.82) is 0 Å². The molecule has 0 aliphatic rings. The van der Waals surface area contributed by atoms with Gasteiger partial charge in [0.1, 0.15) is 0 Å². The number of rotatable bonds is 7. The van der Waals surface area contributed by atoms with E-state index in [1.807, 2.05) is 91.0 Å². The number of hydrogen-bond acceptors (Lipinski definition) is 3. The minimum absolute atomic E-state index is 0.130. The second-order valence-electron chi connectivity index (χ2n) is 7.29. The first kappa shape index (κ1) is 21.0. The second kappa shape index (κ2) is 10.2. The summed E-state index contributed by atoms with van der Waals surface area (Å²) >= 11 is 0. The zero-order valence-corrected chi connectivity index (χ0v) is 17.4. The van der Waals surface area contributed by atoms with E-state index in [1.165, 1.54) is 0 Å². The molecule has 1 atom stereocenters. The van der Waals surface area contributed by atoms with Gasteiger partial charge in [-0.25, -0.2) is 0 Å². The third-order valence-corrected chi connectivity index (χ3v) is 5.09. The molecule has 2 N–H and O–H groups in total. The number of pyridine rings is 1. The summed E-state index contributed by atoms with van der Waals surface area (Å²) < 4.78 is 0. The van der Waals surface area contributed by atoms with Crippen molar-refractivity contribution in [2.45, 2.75) is 6.04 Å². The van der Waals surface area contributed by atoms with Crippen molar-refractivity contribution in [3.63, 3.8) is 0 Å². The monoisotopic (exact) mass is 421 g/mol. The predicted octanol–water partition coefficient (Wildman–Crippen LogP) is 4.38. The zero-order chi connectivity index (χ0) is 22.2. The summed E-state index contributed by atoms with van der Waals surface area (Å²) in [6, 6.07) is 32.1. The fraction of sp³-hybridized carbons (Fsp3) is 0.0741. The molecule has 0 radical (unpaired) electrons. The molecule has 0 aliphatic heterocycles. The Morgan fingerprint density at radius 1 is 0.719 bits per heavy atom. The number of benzene rings is 3. The molecule has 2 amide bonds. The van der Waals surface area contributed by atoms with Gasteiger partial charge in [0.15, 0.2) is 0 Å². The van der Waals surface area contributed by atoms with Crippen LogP contribution in [0, 0.1) is 0 Å². The van der Waals surface area contributed by atoms with Gasteiger partial charge in [-0.1, -0.05) is 78.9 Å². The summed E-state index contributed by atoms with van der Waals surface area (Å²) in [6.45, 7) is -0.130. The molecule has 0 saturated heterocycles. The lowest BCUT2D eigenvalue weighted by molar-refractivity contribution is -0.120. The van der Waals surface area contributed by atoms with Gasteiger partial charge < -0.3 is 10.6 Å². The van der Waals surface area contributed by atoms with Crippen LogP contribution in [0.5, 0.6) is 0 Å². The minimum Gasteiger partial charge on any atom is -0.343 e. The summed E-state index contributed by atoms with van der Waals surface area (Å²) in [7, 11) is 0. The fourth-order valence-corrected chi connectivity index (χ4v) is 3.44. The average molecular weight is 422 g/mol. The number of carbonyl (C=O) groups excluding carboxylic acids is 2. The van der Waals surface area contributed by atoms with Crippen molar-refractivity contribution in [2.24, 2.45) is 0 Å². The minimum atomic E-state index is -0.396. The largest absolute Gasteiger partial charge is 0.343 e. The van der Waals surface area contributed by atoms with Crippen molar-refractivity contribution in [3.8, 4) is 11.1 Å². The molecule has 1 aromatic heterocycles. The summed E-state index contributed by atoms with van der Waals surface area (Å²) in [5, 5.41) is 5.67. The summed E-state index contributed by atoms with van der Waals surface area (Å²) in [4.78, 5) is 29.5. The smallest absolute Gasteiger partial charge is 0.251 e. The van der Waals surface area contributed by atoms with Crippen LogP contribution in [-0.2, 0) is 4.79 Å². The number of nitrogens with one attached hydrogen (secondary N) is 2. The number of hydrogen-bond donors (Lipinski definition) is 2. The third-order valence-electron chi connectivity index (χ3n) is 5.09. The maximum Gasteiger partial charge on any atom is 0.251 e. The van der Waals surface area contributed by atoms with Gasteiger partial charge in [-0.05, 0) is 41.0 Å². The van der Waals surface area contributed by atoms with Crippen LogP contribution in [-0.4, -0.2) is 23.3 Å². The number of amides is 2. The molecular formula is C27H23N3O2. The molecule has 0 bridgehead atoms. The van der Waals surface area contributed by atoms with Crippen LogP contribution in [0.3, 0.4) is 0 Å². The van der Waals surface area contributed by atoms with Crippen LogP contribution in [0.25, 0.3) is 11.1 Å².